The van der Waals surface area contributed by atoms with Gasteiger partial charge in [0, 0.05) is 0 Å². The number of aryl methyl sites for hydroxylation is 1. The zero-order chi connectivity index (χ0) is 17.4. The zero-order valence-corrected chi connectivity index (χ0v) is 12.3. The highest BCUT2D eigenvalue weighted by atomic mass is 35.5. The van der Waals surface area contributed by atoms with E-state index < -0.39 is 30.4 Å². The van der Waals surface area contributed by atoms with E-state index in [0.717, 1.165) is 5.56 Å². The standard InChI is InChI=1S/C7H7ClO.C6H10O7/c1-5-3-2-4-6(9)7(5)8;7-1-2(8)3(9)4(10)5(11)6(12)13/h2-4,9H,1H3;1-5,8-11H,(H,12,13)/t;2-,3+,4-,5-/m.0/s1. The predicted molar refractivity (Wildman–Crippen MR) is 75.6 cm³/mol. The van der Waals surface area contributed by atoms with Gasteiger partial charge in [0.25, 0.3) is 0 Å². The van der Waals surface area contributed by atoms with Crippen LogP contribution in [0.15, 0.2) is 18.2 Å². The number of phenolic OH excluding ortho intramolecular Hbond substituents is 1. The van der Waals surface area contributed by atoms with Crippen molar-refractivity contribution in [2.45, 2.75) is 31.3 Å². The summed E-state index contributed by atoms with van der Waals surface area (Å²) in [6.07, 6.45) is -8.39. The van der Waals surface area contributed by atoms with E-state index in [9.17, 15) is 9.59 Å². The van der Waals surface area contributed by atoms with E-state index in [-0.39, 0.29) is 12.0 Å². The monoisotopic (exact) mass is 336 g/mol. The Morgan fingerprint density at radius 3 is 2.09 bits per heavy atom. The summed E-state index contributed by atoms with van der Waals surface area (Å²) < 4.78 is 0. The lowest BCUT2D eigenvalue weighted by Crippen LogP contribution is -2.48. The molecule has 0 fully saturated rings. The van der Waals surface area contributed by atoms with E-state index in [1.807, 2.05) is 13.0 Å². The van der Waals surface area contributed by atoms with Crippen molar-refractivity contribution in [2.75, 3.05) is 0 Å². The van der Waals surface area contributed by atoms with Gasteiger partial charge in [0.05, 0.1) is 5.02 Å². The number of hydrogen-bond acceptors (Lipinski definition) is 7. The van der Waals surface area contributed by atoms with Crippen molar-refractivity contribution < 1.29 is 40.2 Å². The van der Waals surface area contributed by atoms with Crippen LogP contribution in [-0.4, -0.2) is 67.3 Å². The van der Waals surface area contributed by atoms with E-state index in [1.165, 1.54) is 0 Å². The van der Waals surface area contributed by atoms with Crippen molar-refractivity contribution in [2.24, 2.45) is 0 Å². The van der Waals surface area contributed by atoms with Crippen LogP contribution in [0.4, 0.5) is 0 Å². The largest absolute Gasteiger partial charge is 0.506 e. The summed E-state index contributed by atoms with van der Waals surface area (Å²) >= 11 is 5.63. The van der Waals surface area contributed by atoms with Gasteiger partial charge in [-0.2, -0.15) is 0 Å². The number of hydrogen-bond donors (Lipinski definition) is 6. The molecular formula is C13H17ClO8. The maximum Gasteiger partial charge on any atom is 0.335 e. The fraction of sp³-hybridized carbons (Fsp3) is 0.385. The van der Waals surface area contributed by atoms with Crippen LogP contribution in [0, 0.1) is 6.92 Å². The summed E-state index contributed by atoms with van der Waals surface area (Å²) in [6, 6.07) is 5.17. The van der Waals surface area contributed by atoms with Crippen LogP contribution in [0.3, 0.4) is 0 Å². The van der Waals surface area contributed by atoms with Gasteiger partial charge in [-0.05, 0) is 18.6 Å². The van der Waals surface area contributed by atoms with Gasteiger partial charge in [0.2, 0.25) is 0 Å². The Morgan fingerprint density at radius 2 is 1.73 bits per heavy atom. The highest BCUT2D eigenvalue weighted by Crippen LogP contribution is 2.25. The first-order valence-corrected chi connectivity index (χ1v) is 6.35. The molecule has 0 aliphatic heterocycles. The van der Waals surface area contributed by atoms with E-state index in [2.05, 4.69) is 0 Å². The van der Waals surface area contributed by atoms with Crippen LogP contribution in [0.25, 0.3) is 0 Å². The topological polar surface area (TPSA) is 156 Å². The number of benzene rings is 1. The first-order valence-electron chi connectivity index (χ1n) is 5.97. The summed E-state index contributed by atoms with van der Waals surface area (Å²) in [4.78, 5) is 20.0. The molecule has 0 radical (unpaired) electrons. The number of carbonyl (C=O) groups is 2. The molecule has 0 saturated carbocycles. The van der Waals surface area contributed by atoms with Crippen molar-refractivity contribution in [3.8, 4) is 5.75 Å². The Hall–Kier alpha value is -1.71. The number of halogens is 1. The molecule has 1 aromatic rings. The zero-order valence-electron chi connectivity index (χ0n) is 11.5. The molecule has 0 spiro atoms. The molecule has 4 atom stereocenters. The average molecular weight is 337 g/mol. The lowest BCUT2D eigenvalue weighted by Gasteiger charge is -2.21. The molecule has 22 heavy (non-hydrogen) atoms. The number of rotatable bonds is 5. The van der Waals surface area contributed by atoms with E-state index in [4.69, 9.17) is 42.2 Å². The van der Waals surface area contributed by atoms with Crippen molar-refractivity contribution in [3.63, 3.8) is 0 Å². The minimum atomic E-state index is -2.25. The first-order chi connectivity index (χ1) is 10.1. The number of aliphatic hydroxyl groups is 4. The smallest absolute Gasteiger partial charge is 0.335 e. The molecule has 124 valence electrons. The Balaban J connectivity index is 0.000000425. The van der Waals surface area contributed by atoms with E-state index >= 15 is 0 Å². The lowest BCUT2D eigenvalue weighted by atomic mass is 10.0. The van der Waals surface area contributed by atoms with Gasteiger partial charge >= 0.3 is 5.97 Å². The molecular weight excluding hydrogens is 320 g/mol. The van der Waals surface area contributed by atoms with Gasteiger partial charge in [-0.1, -0.05) is 23.7 Å². The van der Waals surface area contributed by atoms with Gasteiger partial charge in [0.1, 0.15) is 24.1 Å². The van der Waals surface area contributed by atoms with Gasteiger partial charge in [-0.25, -0.2) is 4.79 Å². The maximum atomic E-state index is 10.1. The number of phenols is 1. The number of aromatic hydroxyl groups is 1. The van der Waals surface area contributed by atoms with Gasteiger partial charge in [-0.3, -0.25) is 0 Å². The molecule has 0 aliphatic rings. The molecule has 9 heteroatoms. The maximum absolute atomic E-state index is 10.1. The normalized spacial score (nSPS) is 15.7. The summed E-state index contributed by atoms with van der Waals surface area (Å²) in [5.41, 5.74) is 0.900. The van der Waals surface area contributed by atoms with Gasteiger partial charge < -0.3 is 35.4 Å². The number of aliphatic carboxylic acids is 1. The van der Waals surface area contributed by atoms with Gasteiger partial charge in [-0.15, -0.1) is 0 Å². The summed E-state index contributed by atoms with van der Waals surface area (Å²) in [6.45, 7) is 1.85. The Morgan fingerprint density at radius 1 is 1.18 bits per heavy atom. The third-order valence-electron chi connectivity index (χ3n) is 2.59. The van der Waals surface area contributed by atoms with Crippen LogP contribution < -0.4 is 0 Å². The molecule has 0 bridgehead atoms. The highest BCUT2D eigenvalue weighted by molar-refractivity contribution is 6.32. The Labute approximate surface area is 130 Å². The summed E-state index contributed by atoms with van der Waals surface area (Å²) in [5.74, 6) is -1.61. The third-order valence-corrected chi connectivity index (χ3v) is 3.08. The molecule has 1 aromatic carbocycles. The Kier molecular flexibility index (Phi) is 8.61. The van der Waals surface area contributed by atoms with Crippen molar-refractivity contribution >= 4 is 23.9 Å². The molecule has 0 unspecified atom stereocenters. The molecule has 0 aliphatic carbocycles. The number of aliphatic hydroxyl groups excluding tert-OH is 4. The molecule has 8 nitrogen and oxygen atoms in total. The molecule has 6 N–H and O–H groups in total. The van der Waals surface area contributed by atoms with E-state index in [0.29, 0.717) is 5.02 Å². The number of carboxylic acid groups (broad SMARTS) is 1. The molecule has 0 amide bonds. The number of carbonyl (C=O) groups excluding carboxylic acids is 1. The molecule has 0 aromatic heterocycles. The van der Waals surface area contributed by atoms with Gasteiger partial charge in [0.15, 0.2) is 12.4 Å². The first kappa shape index (κ1) is 20.3. The number of carboxylic acids is 1. The van der Waals surface area contributed by atoms with Crippen molar-refractivity contribution in [1.29, 1.82) is 0 Å². The van der Waals surface area contributed by atoms with Crippen LogP contribution in [0.5, 0.6) is 5.75 Å². The van der Waals surface area contributed by atoms with Crippen LogP contribution in [0.2, 0.25) is 5.02 Å². The number of aldehydes is 1. The SMILES string of the molecule is Cc1cccc(O)c1Cl.O=C[C@H](O)[C@@H](O)[C@H](O)[C@H](O)C(=O)O. The average Bonchev–Trinajstić information content (AvgIpc) is 2.49. The van der Waals surface area contributed by atoms with E-state index in [1.54, 1.807) is 12.1 Å². The fourth-order valence-corrected chi connectivity index (χ4v) is 1.37. The second kappa shape index (κ2) is 9.34. The summed E-state index contributed by atoms with van der Waals surface area (Å²) in [5, 5.41) is 52.6. The third kappa shape index (κ3) is 5.96. The summed E-state index contributed by atoms with van der Waals surface area (Å²) in [7, 11) is 0. The quantitative estimate of drug-likeness (QED) is 0.377. The fourth-order valence-electron chi connectivity index (χ4n) is 1.25. The molecule has 1 rings (SSSR count). The predicted octanol–water partition coefficient (Wildman–Crippen LogP) is -0.932. The minimum Gasteiger partial charge on any atom is -0.506 e. The highest BCUT2D eigenvalue weighted by Gasteiger charge is 2.33. The second-order valence-electron chi connectivity index (χ2n) is 4.30. The Bertz CT molecular complexity index is 487. The van der Waals surface area contributed by atoms with Crippen LogP contribution in [0.1, 0.15) is 5.56 Å². The second-order valence-corrected chi connectivity index (χ2v) is 4.68. The van der Waals surface area contributed by atoms with Crippen LogP contribution >= 0.6 is 11.6 Å². The minimum absolute atomic E-state index is 0.0809. The lowest BCUT2D eigenvalue weighted by molar-refractivity contribution is -0.163. The van der Waals surface area contributed by atoms with Crippen LogP contribution in [-0.2, 0) is 9.59 Å². The molecule has 0 heterocycles. The van der Waals surface area contributed by atoms with Crippen molar-refractivity contribution in [3.05, 3.63) is 28.8 Å². The van der Waals surface area contributed by atoms with Crippen molar-refractivity contribution in [1.82, 2.24) is 0 Å². The molecule has 0 saturated heterocycles.